The van der Waals surface area contributed by atoms with Gasteiger partial charge in [-0.15, -0.1) is 12.4 Å². The fourth-order valence-corrected chi connectivity index (χ4v) is 0.955. The second-order valence-corrected chi connectivity index (χ2v) is 2.63. The molecule has 1 atom stereocenters. The topological polar surface area (TPSA) is 63.3 Å². The molecule has 3 nitrogen and oxygen atoms in total. The molecule has 0 unspecified atom stereocenters. The van der Waals surface area contributed by atoms with Crippen LogP contribution in [0.3, 0.4) is 0 Å². The molecule has 0 spiro atoms. The molecule has 13 heavy (non-hydrogen) atoms. The Morgan fingerprint density at radius 3 is 2.38 bits per heavy atom. The van der Waals surface area contributed by atoms with Gasteiger partial charge in [-0.05, 0) is 12.0 Å². The molecule has 1 aromatic carbocycles. The van der Waals surface area contributed by atoms with E-state index in [4.69, 9.17) is 10.8 Å². The van der Waals surface area contributed by atoms with E-state index in [-0.39, 0.29) is 12.4 Å². The molecular weight excluding hydrogens is 207 g/mol. The molecule has 1 aromatic rings. The van der Waals surface area contributed by atoms with E-state index in [0.717, 1.165) is 5.56 Å². The molecule has 0 aliphatic rings. The minimum Gasteiger partial charge on any atom is -0.480 e. The van der Waals surface area contributed by atoms with Crippen LogP contribution in [0.2, 0.25) is 0 Å². The Morgan fingerprint density at radius 1 is 1.38 bits per heavy atom. The molecule has 0 heterocycles. The third-order valence-corrected chi connectivity index (χ3v) is 1.62. The number of aliphatic carboxylic acids is 1. The monoisotopic (exact) mass is 219 g/mol. The first-order valence-corrected chi connectivity index (χ1v) is 3.72. The predicted molar refractivity (Wildman–Crippen MR) is 53.0 cm³/mol. The van der Waals surface area contributed by atoms with E-state index >= 15 is 0 Å². The highest BCUT2D eigenvalue weighted by molar-refractivity contribution is 5.85. The number of carboxylic acid groups (broad SMARTS) is 1. The van der Waals surface area contributed by atoms with Crippen LogP contribution in [0.25, 0.3) is 0 Å². The summed E-state index contributed by atoms with van der Waals surface area (Å²) in [5.74, 6) is -0.959. The highest BCUT2D eigenvalue weighted by Crippen LogP contribution is 2.01. The van der Waals surface area contributed by atoms with Crippen molar-refractivity contribution in [3.63, 3.8) is 0 Å². The molecule has 0 amide bonds. The summed E-state index contributed by atoms with van der Waals surface area (Å²) in [6.07, 6.45) is 0.385. The standard InChI is InChI=1S/C9H11NO2.ClH/c10-8(9(11)12)6-7-4-2-1-3-5-7;/h1-5,8H,6,10H2,(H,11,12);1H/t8-;/m0./s1/i1+2,2+2,3+2,4+2,5+2,6+2,7+2,8+2,9+2;. The number of carboxylic acids is 1. The first kappa shape index (κ1) is 11.9. The van der Waals surface area contributed by atoms with E-state index in [1.54, 1.807) is 0 Å². The van der Waals surface area contributed by atoms with Crippen molar-refractivity contribution in [3.05, 3.63) is 35.9 Å². The van der Waals surface area contributed by atoms with Crippen LogP contribution in [0.1, 0.15) is 5.56 Å². The van der Waals surface area contributed by atoms with Gasteiger partial charge in [0.1, 0.15) is 6.04 Å². The average Bonchev–Trinajstić information content (AvgIpc) is 2.06. The number of benzene rings is 1. The van der Waals surface area contributed by atoms with Crippen molar-refractivity contribution >= 4 is 18.4 Å². The molecule has 72 valence electrons. The lowest BCUT2D eigenvalue weighted by atomic mass is 12.0. The van der Waals surface area contributed by atoms with Crippen molar-refractivity contribution in [1.82, 2.24) is 0 Å². The Balaban J connectivity index is 0.00000144. The van der Waals surface area contributed by atoms with E-state index in [2.05, 4.69) is 0 Å². The summed E-state index contributed by atoms with van der Waals surface area (Å²) in [5.41, 5.74) is 6.30. The second-order valence-electron chi connectivity index (χ2n) is 2.63. The van der Waals surface area contributed by atoms with Gasteiger partial charge in [-0.25, -0.2) is 0 Å². The SMILES string of the molecule is Cl.N[14C@@H]([14CH2][14c]1[14cH][14cH][14cH][14cH][14cH]1)[14C](=O)O. The first-order valence-electron chi connectivity index (χ1n) is 3.72. The van der Waals surface area contributed by atoms with Gasteiger partial charge in [0, 0.05) is 0 Å². The van der Waals surface area contributed by atoms with Crippen LogP contribution in [-0.2, 0) is 11.2 Å². The largest absolute Gasteiger partial charge is 0.480 e. The molecule has 0 bridgehead atoms. The summed E-state index contributed by atoms with van der Waals surface area (Å²) < 4.78 is 0. The van der Waals surface area contributed by atoms with Crippen LogP contribution >= 0.6 is 12.4 Å². The van der Waals surface area contributed by atoms with Gasteiger partial charge in [-0.2, -0.15) is 0 Å². The number of hydrogen-bond acceptors (Lipinski definition) is 2. The highest BCUT2D eigenvalue weighted by atomic mass is 35.5. The van der Waals surface area contributed by atoms with Crippen molar-refractivity contribution in [2.24, 2.45) is 5.73 Å². The van der Waals surface area contributed by atoms with Gasteiger partial charge in [-0.3, -0.25) is 4.79 Å². The number of carbonyl (C=O) groups is 1. The molecule has 0 aliphatic carbocycles. The second kappa shape index (κ2) is 5.56. The maximum Gasteiger partial charge on any atom is 0.320 e. The molecule has 4 heteroatoms. The minimum atomic E-state index is -0.959. The van der Waals surface area contributed by atoms with Gasteiger partial charge in [0.05, 0.1) is 0 Å². The van der Waals surface area contributed by atoms with Gasteiger partial charge in [-0.1, -0.05) is 30.3 Å². The Labute approximate surface area is 83.0 Å². The molecule has 0 fully saturated rings. The van der Waals surface area contributed by atoms with Gasteiger partial charge in [0.25, 0.3) is 0 Å². The maximum atomic E-state index is 10.4. The predicted octanol–water partition coefficient (Wildman–Crippen LogP) is 1.06. The van der Waals surface area contributed by atoms with Crippen molar-refractivity contribution in [3.8, 4) is 0 Å². The fraction of sp³-hybridized carbons (Fsp3) is 0.222. The lowest BCUT2D eigenvalue weighted by molar-refractivity contribution is -0.138. The molecule has 0 saturated heterocycles. The van der Waals surface area contributed by atoms with E-state index in [1.165, 1.54) is 0 Å². The van der Waals surface area contributed by atoms with E-state index in [9.17, 15) is 4.79 Å². The Morgan fingerprint density at radius 2 is 1.92 bits per heavy atom. The zero-order valence-corrected chi connectivity index (χ0v) is 7.83. The minimum absolute atomic E-state index is 0. The normalized spacial score (nSPS) is 11.5. The smallest absolute Gasteiger partial charge is 0.320 e. The van der Waals surface area contributed by atoms with Crippen molar-refractivity contribution < 1.29 is 9.90 Å². The molecule has 0 aromatic heterocycles. The number of nitrogens with two attached hydrogens (primary N) is 1. The molecular formula is C9H12ClNO2. The first-order chi connectivity index (χ1) is 5.70. The molecule has 0 saturated carbocycles. The summed E-state index contributed by atoms with van der Waals surface area (Å²) in [6.45, 7) is 0. The lowest BCUT2D eigenvalue weighted by Gasteiger charge is -2.04. The summed E-state index contributed by atoms with van der Waals surface area (Å²) in [6, 6.07) is 8.54. The number of halogens is 1. The van der Waals surface area contributed by atoms with Crippen molar-refractivity contribution in [1.29, 1.82) is 0 Å². The summed E-state index contributed by atoms with van der Waals surface area (Å²) in [5, 5.41) is 8.52. The molecule has 0 aliphatic heterocycles. The Hall–Kier alpha value is -1.06. The van der Waals surface area contributed by atoms with Crippen LogP contribution < -0.4 is 5.73 Å². The van der Waals surface area contributed by atoms with Gasteiger partial charge < -0.3 is 10.8 Å². The van der Waals surface area contributed by atoms with E-state index in [1.807, 2.05) is 30.3 Å². The van der Waals surface area contributed by atoms with Crippen LogP contribution in [0.15, 0.2) is 30.3 Å². The Kier molecular flexibility index (Phi) is 5.11. The van der Waals surface area contributed by atoms with Crippen LogP contribution in [0.5, 0.6) is 0 Å². The number of rotatable bonds is 3. The molecule has 3 N–H and O–H groups in total. The fourth-order valence-electron chi connectivity index (χ4n) is 0.955. The van der Waals surface area contributed by atoms with E-state index in [0.29, 0.717) is 6.42 Å². The van der Waals surface area contributed by atoms with Crippen LogP contribution in [-0.4, -0.2) is 17.1 Å². The van der Waals surface area contributed by atoms with Gasteiger partial charge >= 0.3 is 5.97 Å². The third-order valence-electron chi connectivity index (χ3n) is 1.62. The van der Waals surface area contributed by atoms with Crippen molar-refractivity contribution in [2.45, 2.75) is 12.5 Å². The van der Waals surface area contributed by atoms with Crippen LogP contribution in [0, 0.1) is 0 Å². The quantitative estimate of drug-likeness (QED) is 0.799. The van der Waals surface area contributed by atoms with E-state index < -0.39 is 12.0 Å². The molecule has 0 radical (unpaired) electrons. The van der Waals surface area contributed by atoms with Gasteiger partial charge in [0.15, 0.2) is 0 Å². The average molecular weight is 220 g/mol. The summed E-state index contributed by atoms with van der Waals surface area (Å²) in [7, 11) is 0. The highest BCUT2D eigenvalue weighted by Gasteiger charge is 2.10. The molecule has 1 rings (SSSR count). The lowest BCUT2D eigenvalue weighted by Crippen LogP contribution is -2.32. The van der Waals surface area contributed by atoms with Gasteiger partial charge in [0.2, 0.25) is 0 Å². The zero-order valence-electron chi connectivity index (χ0n) is 7.01. The maximum absolute atomic E-state index is 10.4. The Bertz CT molecular complexity index is 264. The summed E-state index contributed by atoms with van der Waals surface area (Å²) >= 11 is 0. The van der Waals surface area contributed by atoms with Crippen molar-refractivity contribution in [2.75, 3.05) is 0 Å². The number of hydrogen-bond donors (Lipinski definition) is 2. The summed E-state index contributed by atoms with van der Waals surface area (Å²) in [4.78, 5) is 10.4. The van der Waals surface area contributed by atoms with Crippen LogP contribution in [0.4, 0.5) is 0 Å². The zero-order chi connectivity index (χ0) is 8.97. The third kappa shape index (κ3) is 3.92.